The first kappa shape index (κ1) is 12.7. The van der Waals surface area contributed by atoms with E-state index < -0.39 is 5.97 Å². The van der Waals surface area contributed by atoms with E-state index in [-0.39, 0.29) is 0 Å². The molecule has 0 spiro atoms. The summed E-state index contributed by atoms with van der Waals surface area (Å²) < 4.78 is 0. The highest BCUT2D eigenvalue weighted by Gasteiger charge is 2.09. The Labute approximate surface area is 111 Å². The minimum atomic E-state index is -0.899. The van der Waals surface area contributed by atoms with E-state index in [2.05, 4.69) is 0 Å². The van der Waals surface area contributed by atoms with Gasteiger partial charge in [0.15, 0.2) is 0 Å². The van der Waals surface area contributed by atoms with Crippen LogP contribution in [0.15, 0.2) is 42.5 Å². The van der Waals surface area contributed by atoms with Crippen LogP contribution in [0, 0.1) is 6.92 Å². The SMILES string of the molecule is Cc1ccc(Cc2ccccc2C(=O)O)cc1Cl. The molecule has 0 saturated heterocycles. The summed E-state index contributed by atoms with van der Waals surface area (Å²) in [6.07, 6.45) is 0.572. The molecule has 1 N–H and O–H groups in total. The fourth-order valence-corrected chi connectivity index (χ4v) is 2.05. The molecule has 0 bridgehead atoms. The summed E-state index contributed by atoms with van der Waals surface area (Å²) in [6, 6.07) is 12.8. The van der Waals surface area contributed by atoms with Gasteiger partial charge in [0.25, 0.3) is 0 Å². The topological polar surface area (TPSA) is 37.3 Å². The van der Waals surface area contributed by atoms with Gasteiger partial charge in [-0.05, 0) is 42.2 Å². The Kier molecular flexibility index (Phi) is 3.68. The number of hydrogen-bond acceptors (Lipinski definition) is 1. The fourth-order valence-electron chi connectivity index (χ4n) is 1.85. The Balaban J connectivity index is 2.34. The number of halogens is 1. The lowest BCUT2D eigenvalue weighted by atomic mass is 9.99. The number of rotatable bonds is 3. The van der Waals surface area contributed by atoms with Gasteiger partial charge in [-0.25, -0.2) is 4.79 Å². The molecule has 0 fully saturated rings. The van der Waals surface area contributed by atoms with Crippen molar-refractivity contribution >= 4 is 17.6 Å². The second-order valence-electron chi connectivity index (χ2n) is 4.22. The molecule has 0 atom stereocenters. The zero-order valence-corrected chi connectivity index (χ0v) is 10.7. The van der Waals surface area contributed by atoms with Crippen molar-refractivity contribution in [3.63, 3.8) is 0 Å². The smallest absolute Gasteiger partial charge is 0.335 e. The predicted molar refractivity (Wildman–Crippen MR) is 72.4 cm³/mol. The minimum absolute atomic E-state index is 0.342. The Morgan fingerprint density at radius 3 is 2.61 bits per heavy atom. The summed E-state index contributed by atoms with van der Waals surface area (Å²) in [7, 11) is 0. The standard InChI is InChI=1S/C15H13ClO2/c1-10-6-7-11(9-14(10)16)8-12-4-2-3-5-13(12)15(17)18/h2-7,9H,8H2,1H3,(H,17,18). The van der Waals surface area contributed by atoms with Crippen LogP contribution in [0.25, 0.3) is 0 Å². The minimum Gasteiger partial charge on any atom is -0.478 e. The largest absolute Gasteiger partial charge is 0.478 e. The van der Waals surface area contributed by atoms with Crippen LogP contribution >= 0.6 is 11.6 Å². The quantitative estimate of drug-likeness (QED) is 0.908. The van der Waals surface area contributed by atoms with E-state index in [0.29, 0.717) is 17.0 Å². The van der Waals surface area contributed by atoms with E-state index in [4.69, 9.17) is 16.7 Å². The summed E-state index contributed by atoms with van der Waals surface area (Å²) >= 11 is 6.07. The van der Waals surface area contributed by atoms with Crippen molar-refractivity contribution in [3.05, 3.63) is 69.7 Å². The second kappa shape index (κ2) is 5.23. The maximum absolute atomic E-state index is 11.1. The predicted octanol–water partition coefficient (Wildman–Crippen LogP) is 3.94. The van der Waals surface area contributed by atoms with Crippen LogP contribution in [-0.2, 0) is 6.42 Å². The molecule has 0 heterocycles. The van der Waals surface area contributed by atoms with Gasteiger partial charge in [-0.3, -0.25) is 0 Å². The van der Waals surface area contributed by atoms with E-state index in [1.165, 1.54) is 0 Å². The molecular formula is C15H13ClO2. The average molecular weight is 261 g/mol. The van der Waals surface area contributed by atoms with Gasteiger partial charge >= 0.3 is 5.97 Å². The lowest BCUT2D eigenvalue weighted by molar-refractivity contribution is 0.0696. The van der Waals surface area contributed by atoms with Crippen molar-refractivity contribution < 1.29 is 9.90 Å². The highest BCUT2D eigenvalue weighted by molar-refractivity contribution is 6.31. The van der Waals surface area contributed by atoms with Gasteiger partial charge in [0.05, 0.1) is 5.56 Å². The normalized spacial score (nSPS) is 10.3. The monoisotopic (exact) mass is 260 g/mol. The molecule has 0 saturated carbocycles. The molecule has 2 aromatic rings. The molecule has 0 aromatic heterocycles. The van der Waals surface area contributed by atoms with E-state index in [1.807, 2.05) is 37.3 Å². The second-order valence-corrected chi connectivity index (χ2v) is 4.63. The lowest BCUT2D eigenvalue weighted by Crippen LogP contribution is -2.02. The molecule has 2 aromatic carbocycles. The molecule has 0 aliphatic rings. The van der Waals surface area contributed by atoms with Crippen molar-refractivity contribution in [2.75, 3.05) is 0 Å². The molecule has 0 amide bonds. The molecule has 0 radical (unpaired) electrons. The number of carboxylic acids is 1. The number of hydrogen-bond donors (Lipinski definition) is 1. The van der Waals surface area contributed by atoms with Gasteiger partial charge in [0.2, 0.25) is 0 Å². The zero-order valence-electron chi connectivity index (χ0n) is 9.98. The van der Waals surface area contributed by atoms with Crippen LogP contribution in [0.2, 0.25) is 5.02 Å². The molecule has 2 rings (SSSR count). The number of benzene rings is 2. The van der Waals surface area contributed by atoms with Crippen LogP contribution in [0.1, 0.15) is 27.0 Å². The van der Waals surface area contributed by atoms with Gasteiger partial charge in [-0.2, -0.15) is 0 Å². The maximum Gasteiger partial charge on any atom is 0.335 e. The van der Waals surface area contributed by atoms with Gasteiger partial charge < -0.3 is 5.11 Å². The van der Waals surface area contributed by atoms with E-state index in [1.54, 1.807) is 12.1 Å². The van der Waals surface area contributed by atoms with Gasteiger partial charge in [-0.1, -0.05) is 41.9 Å². The molecule has 0 aliphatic heterocycles. The first-order chi connectivity index (χ1) is 8.58. The molecule has 0 unspecified atom stereocenters. The van der Waals surface area contributed by atoms with Crippen LogP contribution in [0.5, 0.6) is 0 Å². The summed E-state index contributed by atoms with van der Waals surface area (Å²) in [5.41, 5.74) is 3.17. The first-order valence-corrected chi connectivity index (χ1v) is 6.02. The van der Waals surface area contributed by atoms with Crippen molar-refractivity contribution in [3.8, 4) is 0 Å². The highest BCUT2D eigenvalue weighted by atomic mass is 35.5. The van der Waals surface area contributed by atoms with Crippen molar-refractivity contribution in [1.82, 2.24) is 0 Å². The van der Waals surface area contributed by atoms with Crippen LogP contribution < -0.4 is 0 Å². The van der Waals surface area contributed by atoms with E-state index in [0.717, 1.165) is 16.7 Å². The molecule has 18 heavy (non-hydrogen) atoms. The Morgan fingerprint density at radius 2 is 1.94 bits per heavy atom. The summed E-state index contributed by atoms with van der Waals surface area (Å²) in [4.78, 5) is 11.1. The van der Waals surface area contributed by atoms with Crippen LogP contribution in [0.4, 0.5) is 0 Å². The first-order valence-electron chi connectivity index (χ1n) is 5.64. The number of carbonyl (C=O) groups is 1. The van der Waals surface area contributed by atoms with Crippen LogP contribution in [-0.4, -0.2) is 11.1 Å². The Bertz CT molecular complexity index is 591. The fraction of sp³-hybridized carbons (Fsp3) is 0.133. The molecule has 2 nitrogen and oxygen atoms in total. The number of aromatic carboxylic acids is 1. The Morgan fingerprint density at radius 1 is 1.22 bits per heavy atom. The molecular weight excluding hydrogens is 248 g/mol. The lowest BCUT2D eigenvalue weighted by Gasteiger charge is -2.07. The van der Waals surface area contributed by atoms with Gasteiger partial charge in [0, 0.05) is 5.02 Å². The third-order valence-electron chi connectivity index (χ3n) is 2.88. The zero-order chi connectivity index (χ0) is 13.1. The Hall–Kier alpha value is -1.80. The summed E-state index contributed by atoms with van der Waals surface area (Å²) in [5, 5.41) is 9.82. The molecule has 3 heteroatoms. The van der Waals surface area contributed by atoms with Crippen molar-refractivity contribution in [2.45, 2.75) is 13.3 Å². The number of carboxylic acid groups (broad SMARTS) is 1. The third kappa shape index (κ3) is 2.71. The van der Waals surface area contributed by atoms with Crippen molar-refractivity contribution in [1.29, 1.82) is 0 Å². The molecule has 0 aliphatic carbocycles. The van der Waals surface area contributed by atoms with Gasteiger partial charge in [0.1, 0.15) is 0 Å². The highest BCUT2D eigenvalue weighted by Crippen LogP contribution is 2.20. The average Bonchev–Trinajstić information content (AvgIpc) is 2.34. The third-order valence-corrected chi connectivity index (χ3v) is 3.29. The van der Waals surface area contributed by atoms with E-state index in [9.17, 15) is 4.79 Å². The van der Waals surface area contributed by atoms with E-state index >= 15 is 0 Å². The summed E-state index contributed by atoms with van der Waals surface area (Å²) in [6.45, 7) is 1.94. The van der Waals surface area contributed by atoms with Crippen molar-refractivity contribution in [2.24, 2.45) is 0 Å². The number of aryl methyl sites for hydroxylation is 1. The molecule has 92 valence electrons. The van der Waals surface area contributed by atoms with Gasteiger partial charge in [-0.15, -0.1) is 0 Å². The van der Waals surface area contributed by atoms with Crippen LogP contribution in [0.3, 0.4) is 0 Å². The maximum atomic E-state index is 11.1. The summed E-state index contributed by atoms with van der Waals surface area (Å²) in [5.74, 6) is -0.899.